The Bertz CT molecular complexity index is 298. The molecule has 0 rings (SSSR count). The predicted octanol–water partition coefficient (Wildman–Crippen LogP) is 6.87. The van der Waals surface area contributed by atoms with E-state index in [1.165, 1.54) is 57.8 Å². The number of rotatable bonds is 15. The van der Waals surface area contributed by atoms with Crippen LogP contribution in [0.25, 0.3) is 0 Å². The van der Waals surface area contributed by atoms with Crippen molar-refractivity contribution in [3.8, 4) is 0 Å². The molecule has 0 aliphatic carbocycles. The quantitative estimate of drug-likeness (QED) is 0.237. The van der Waals surface area contributed by atoms with Gasteiger partial charge in [0, 0.05) is 12.8 Å². The number of ketones is 1. The van der Waals surface area contributed by atoms with E-state index in [4.69, 9.17) is 4.74 Å². The number of ether oxygens (including phenoxy) is 1. The summed E-state index contributed by atoms with van der Waals surface area (Å²) in [6.07, 6.45) is 15.0. The normalized spacial score (nSPS) is 10.3. The number of Topliss-reactive ketones (excluding diaryl/α,β-unsaturated/α-hetero) is 1. The molecule has 0 aromatic heterocycles. The van der Waals surface area contributed by atoms with E-state index >= 15 is 0 Å². The van der Waals surface area contributed by atoms with Crippen LogP contribution in [-0.4, -0.2) is 18.4 Å². The van der Waals surface area contributed by atoms with Crippen molar-refractivity contribution in [1.29, 1.82) is 0 Å². The summed E-state index contributed by atoms with van der Waals surface area (Å²) in [5, 5.41) is 0. The topological polar surface area (TPSA) is 43.4 Å². The van der Waals surface area contributed by atoms with Gasteiger partial charge in [0.1, 0.15) is 5.78 Å². The molecule has 0 aromatic carbocycles. The Morgan fingerprint density at radius 1 is 0.760 bits per heavy atom. The molecule has 0 aromatic rings. The lowest BCUT2D eigenvalue weighted by molar-refractivity contribution is -0.144. The molecule has 0 saturated heterocycles. The molecule has 0 aliphatic rings. The highest BCUT2D eigenvalue weighted by atomic mass is 16.5. The summed E-state index contributed by atoms with van der Waals surface area (Å²) in [7, 11) is 0. The zero-order chi connectivity index (χ0) is 19.3. The maximum absolute atomic E-state index is 11.2. The highest BCUT2D eigenvalue weighted by Crippen LogP contribution is 2.06. The molecule has 3 nitrogen and oxygen atoms in total. The maximum Gasteiger partial charge on any atom is 0.306 e. The molecule has 0 heterocycles. The minimum absolute atomic E-state index is 0.0430. The molecule has 0 unspecified atom stereocenters. The molecule has 0 aliphatic heterocycles. The summed E-state index contributed by atoms with van der Waals surface area (Å²) < 4.78 is 5.12. The minimum Gasteiger partial charge on any atom is -0.466 e. The summed E-state index contributed by atoms with van der Waals surface area (Å²) in [6, 6.07) is 0. The molecule has 0 atom stereocenters. The van der Waals surface area contributed by atoms with Gasteiger partial charge in [-0.25, -0.2) is 0 Å². The lowest BCUT2D eigenvalue weighted by Gasteiger charge is -2.06. The van der Waals surface area contributed by atoms with Crippen molar-refractivity contribution in [2.75, 3.05) is 6.61 Å². The van der Waals surface area contributed by atoms with Gasteiger partial charge in [0.2, 0.25) is 0 Å². The third-order valence-corrected chi connectivity index (χ3v) is 3.97. The molecular formula is C22H44O3. The first-order valence-corrected chi connectivity index (χ1v) is 10.6. The van der Waals surface area contributed by atoms with Crippen LogP contribution < -0.4 is 0 Å². The fourth-order valence-electron chi connectivity index (χ4n) is 2.44. The van der Waals surface area contributed by atoms with Gasteiger partial charge < -0.3 is 9.53 Å². The van der Waals surface area contributed by atoms with Crippen molar-refractivity contribution in [2.45, 2.75) is 118 Å². The fourth-order valence-corrected chi connectivity index (χ4v) is 2.44. The molecule has 0 amide bonds. The summed E-state index contributed by atoms with van der Waals surface area (Å²) in [4.78, 5) is 21.6. The molecule has 0 N–H and O–H groups in total. The van der Waals surface area contributed by atoms with E-state index in [-0.39, 0.29) is 5.97 Å². The molecule has 25 heavy (non-hydrogen) atoms. The Kier molecular flexibility index (Phi) is 22.3. The van der Waals surface area contributed by atoms with Crippen LogP contribution >= 0.6 is 0 Å². The summed E-state index contributed by atoms with van der Waals surface area (Å²) in [5.74, 6) is 0.692. The van der Waals surface area contributed by atoms with Gasteiger partial charge in [0.05, 0.1) is 6.61 Å². The molecule has 0 bridgehead atoms. The summed E-state index contributed by atoms with van der Waals surface area (Å²) >= 11 is 0. The second kappa shape index (κ2) is 21.2. The molecule has 0 radical (unpaired) electrons. The van der Waals surface area contributed by atoms with E-state index in [0.29, 0.717) is 24.7 Å². The Balaban J connectivity index is 0. The van der Waals surface area contributed by atoms with E-state index < -0.39 is 0 Å². The monoisotopic (exact) mass is 356 g/mol. The second-order valence-corrected chi connectivity index (χ2v) is 7.45. The molecule has 0 spiro atoms. The van der Waals surface area contributed by atoms with Crippen LogP contribution in [0.1, 0.15) is 118 Å². The molecular weight excluding hydrogens is 312 g/mol. The first-order chi connectivity index (χ1) is 11.9. The van der Waals surface area contributed by atoms with Gasteiger partial charge in [-0.1, -0.05) is 85.5 Å². The number of hydrogen-bond donors (Lipinski definition) is 0. The van der Waals surface area contributed by atoms with Gasteiger partial charge in [0.15, 0.2) is 0 Å². The van der Waals surface area contributed by atoms with Gasteiger partial charge in [-0.2, -0.15) is 0 Å². The number of carbonyl (C=O) groups is 2. The number of carbonyl (C=O) groups excluding carboxylic acids is 2. The third-order valence-electron chi connectivity index (χ3n) is 3.97. The van der Waals surface area contributed by atoms with Crippen molar-refractivity contribution < 1.29 is 14.3 Å². The molecule has 0 saturated carbocycles. The Morgan fingerprint density at radius 2 is 1.24 bits per heavy atom. The van der Waals surface area contributed by atoms with Crippen LogP contribution in [0.15, 0.2) is 0 Å². The Labute approximate surface area is 157 Å². The zero-order valence-electron chi connectivity index (χ0n) is 17.7. The zero-order valence-corrected chi connectivity index (χ0v) is 17.7. The van der Waals surface area contributed by atoms with Gasteiger partial charge in [-0.05, 0) is 25.7 Å². The van der Waals surface area contributed by atoms with Crippen LogP contribution in [0, 0.1) is 5.92 Å². The first kappa shape index (κ1) is 26.4. The van der Waals surface area contributed by atoms with Gasteiger partial charge >= 0.3 is 5.97 Å². The van der Waals surface area contributed by atoms with Crippen molar-refractivity contribution in [3.63, 3.8) is 0 Å². The minimum atomic E-state index is -0.0430. The summed E-state index contributed by atoms with van der Waals surface area (Å²) in [5.41, 5.74) is 0. The number of hydrogen-bond acceptors (Lipinski definition) is 3. The second-order valence-electron chi connectivity index (χ2n) is 7.45. The molecule has 0 fully saturated rings. The maximum atomic E-state index is 11.2. The van der Waals surface area contributed by atoms with Crippen LogP contribution in [0.3, 0.4) is 0 Å². The third kappa shape index (κ3) is 28.2. The van der Waals surface area contributed by atoms with Crippen molar-refractivity contribution in [2.24, 2.45) is 5.92 Å². The van der Waals surface area contributed by atoms with E-state index in [1.54, 1.807) is 6.92 Å². The lowest BCUT2D eigenvalue weighted by Crippen LogP contribution is -2.08. The SMILES string of the molecule is CCCCCCCC(C)=O.CCCCCCCCOC(=O)CC(C)C. The highest BCUT2D eigenvalue weighted by Gasteiger charge is 2.04. The van der Waals surface area contributed by atoms with E-state index in [0.717, 1.165) is 19.3 Å². The van der Waals surface area contributed by atoms with E-state index in [2.05, 4.69) is 13.8 Å². The molecule has 3 heteroatoms. The van der Waals surface area contributed by atoms with Gasteiger partial charge in [0.25, 0.3) is 0 Å². The fraction of sp³-hybridized carbons (Fsp3) is 0.909. The Morgan fingerprint density at radius 3 is 1.72 bits per heavy atom. The van der Waals surface area contributed by atoms with Crippen LogP contribution in [-0.2, 0) is 14.3 Å². The highest BCUT2D eigenvalue weighted by molar-refractivity contribution is 5.75. The smallest absolute Gasteiger partial charge is 0.306 e. The largest absolute Gasteiger partial charge is 0.466 e. The lowest BCUT2D eigenvalue weighted by atomic mass is 10.1. The Hall–Kier alpha value is -0.860. The van der Waals surface area contributed by atoms with Crippen LogP contribution in [0.2, 0.25) is 0 Å². The average molecular weight is 357 g/mol. The predicted molar refractivity (Wildman–Crippen MR) is 108 cm³/mol. The van der Waals surface area contributed by atoms with Gasteiger partial charge in [-0.15, -0.1) is 0 Å². The van der Waals surface area contributed by atoms with E-state index in [9.17, 15) is 9.59 Å². The number of unbranched alkanes of at least 4 members (excludes halogenated alkanes) is 9. The standard InChI is InChI=1S/C13H26O2.C9H18O/c1-4-5-6-7-8-9-10-15-13(14)11-12(2)3;1-3-4-5-6-7-8-9(2)10/h12H,4-11H2,1-3H3;3-8H2,1-2H3. The summed E-state index contributed by atoms with van der Waals surface area (Å²) in [6.45, 7) is 10.8. The van der Waals surface area contributed by atoms with Crippen molar-refractivity contribution in [3.05, 3.63) is 0 Å². The van der Waals surface area contributed by atoms with E-state index in [1.807, 2.05) is 13.8 Å². The van der Waals surface area contributed by atoms with Crippen LogP contribution in [0.4, 0.5) is 0 Å². The van der Waals surface area contributed by atoms with Crippen molar-refractivity contribution in [1.82, 2.24) is 0 Å². The van der Waals surface area contributed by atoms with Crippen LogP contribution in [0.5, 0.6) is 0 Å². The molecule has 150 valence electrons. The van der Waals surface area contributed by atoms with Crippen molar-refractivity contribution >= 4 is 11.8 Å². The average Bonchev–Trinajstić information content (AvgIpc) is 2.53. The van der Waals surface area contributed by atoms with Gasteiger partial charge in [-0.3, -0.25) is 4.79 Å². The first-order valence-electron chi connectivity index (χ1n) is 10.6. The number of esters is 1.